The van der Waals surface area contributed by atoms with Crippen molar-refractivity contribution in [1.82, 2.24) is 14.8 Å². The maximum atomic E-state index is 12.5. The minimum absolute atomic E-state index is 0.179. The highest BCUT2D eigenvalue weighted by Crippen LogP contribution is 2.25. The molecule has 3 rings (SSSR count). The summed E-state index contributed by atoms with van der Waals surface area (Å²) in [6, 6.07) is 4.53. The molecule has 4 heteroatoms. The zero-order valence-electron chi connectivity index (χ0n) is 15.4. The molecule has 0 radical (unpaired) electrons. The fourth-order valence-electron chi connectivity index (χ4n) is 4.05. The molecule has 1 saturated heterocycles. The minimum Gasteiger partial charge on any atom is -0.339 e. The van der Waals surface area contributed by atoms with E-state index in [1.165, 1.54) is 37.7 Å². The van der Waals surface area contributed by atoms with Crippen molar-refractivity contribution < 1.29 is 4.79 Å². The van der Waals surface area contributed by atoms with Crippen LogP contribution >= 0.6 is 0 Å². The molecule has 0 atom stereocenters. The quantitative estimate of drug-likeness (QED) is 0.767. The summed E-state index contributed by atoms with van der Waals surface area (Å²) < 4.78 is 0. The highest BCUT2D eigenvalue weighted by molar-refractivity contribution is 5.87. The average Bonchev–Trinajstić information content (AvgIpc) is 2.68. The number of aromatic nitrogens is 1. The van der Waals surface area contributed by atoms with Crippen molar-refractivity contribution in [2.75, 3.05) is 20.1 Å². The van der Waals surface area contributed by atoms with E-state index in [9.17, 15) is 4.79 Å². The van der Waals surface area contributed by atoms with Crippen LogP contribution in [0.25, 0.3) is 0 Å². The van der Waals surface area contributed by atoms with Crippen LogP contribution in [0.2, 0.25) is 0 Å². The zero-order valence-corrected chi connectivity index (χ0v) is 15.4. The second-order valence-corrected chi connectivity index (χ2v) is 7.57. The molecule has 0 bridgehead atoms. The summed E-state index contributed by atoms with van der Waals surface area (Å²) in [5.74, 6) is 0.798. The predicted octanol–water partition coefficient (Wildman–Crippen LogP) is 3.64. The summed E-state index contributed by atoms with van der Waals surface area (Å²) in [4.78, 5) is 21.0. The number of carbonyl (C=O) groups excluding carboxylic acids is 1. The van der Waals surface area contributed by atoms with Gasteiger partial charge >= 0.3 is 0 Å². The molecule has 1 aliphatic heterocycles. The van der Waals surface area contributed by atoms with Gasteiger partial charge in [-0.1, -0.05) is 25.3 Å². The fraction of sp³-hybridized carbons (Fsp3) is 0.619. The first-order chi connectivity index (χ1) is 12.2. The molecule has 2 fully saturated rings. The summed E-state index contributed by atoms with van der Waals surface area (Å²) in [6.07, 6.45) is 16.3. The topological polar surface area (TPSA) is 36.4 Å². The van der Waals surface area contributed by atoms with E-state index < -0.39 is 0 Å². The predicted molar refractivity (Wildman–Crippen MR) is 101 cm³/mol. The Labute approximate surface area is 151 Å². The molecule has 4 nitrogen and oxygen atoms in total. The summed E-state index contributed by atoms with van der Waals surface area (Å²) >= 11 is 0. The van der Waals surface area contributed by atoms with E-state index in [1.807, 2.05) is 30.4 Å². The molecule has 1 aromatic rings. The summed E-state index contributed by atoms with van der Waals surface area (Å²) in [7, 11) is 1.97. The molecule has 0 N–H and O–H groups in total. The molecule has 0 unspecified atom stereocenters. The average molecular weight is 341 g/mol. The van der Waals surface area contributed by atoms with Crippen LogP contribution in [0.3, 0.4) is 0 Å². The zero-order chi connectivity index (χ0) is 17.5. The molecule has 2 aliphatic rings. The lowest BCUT2D eigenvalue weighted by molar-refractivity contribution is -0.127. The van der Waals surface area contributed by atoms with Gasteiger partial charge in [-0.15, -0.1) is 0 Å². The van der Waals surface area contributed by atoms with Crippen LogP contribution in [0.5, 0.6) is 0 Å². The van der Waals surface area contributed by atoms with Crippen LogP contribution in [0.15, 0.2) is 36.7 Å². The first kappa shape index (κ1) is 18.1. The Hall–Kier alpha value is -1.68. The third-order valence-corrected chi connectivity index (χ3v) is 5.77. The third-order valence-electron chi connectivity index (χ3n) is 5.77. The monoisotopic (exact) mass is 341 g/mol. The number of hydrogen-bond acceptors (Lipinski definition) is 3. The minimum atomic E-state index is 0.179. The van der Waals surface area contributed by atoms with Crippen molar-refractivity contribution in [3.8, 4) is 0 Å². The van der Waals surface area contributed by atoms with Gasteiger partial charge in [0.25, 0.3) is 0 Å². The Morgan fingerprint density at radius 2 is 1.84 bits per heavy atom. The smallest absolute Gasteiger partial charge is 0.246 e. The van der Waals surface area contributed by atoms with Crippen LogP contribution in [0.4, 0.5) is 0 Å². The van der Waals surface area contributed by atoms with E-state index in [4.69, 9.17) is 0 Å². The van der Waals surface area contributed by atoms with Crippen molar-refractivity contribution in [2.24, 2.45) is 5.92 Å². The standard InChI is InChI=1S/C21H31N3O/c1-23(21(25)8-7-18-5-3-2-4-6-18)20-11-15-24(16-12-20)17-19-9-13-22-14-10-19/h7-10,13-14,18,20H,2-6,11-12,15-17H2,1H3/b8-7+. The van der Waals surface area contributed by atoms with Crippen LogP contribution in [-0.4, -0.2) is 46.9 Å². The Bertz CT molecular complexity index is 558. The van der Waals surface area contributed by atoms with E-state index in [2.05, 4.69) is 28.1 Å². The summed E-state index contributed by atoms with van der Waals surface area (Å²) in [6.45, 7) is 3.09. The Kier molecular flexibility index (Phi) is 6.62. The van der Waals surface area contributed by atoms with Gasteiger partial charge < -0.3 is 4.90 Å². The number of pyridine rings is 1. The Balaban J connectivity index is 1.43. The molecule has 1 saturated carbocycles. The molecule has 0 spiro atoms. The molecule has 2 heterocycles. The lowest BCUT2D eigenvalue weighted by Gasteiger charge is -2.36. The molecule has 1 amide bonds. The van der Waals surface area contributed by atoms with E-state index in [-0.39, 0.29) is 5.91 Å². The number of amides is 1. The molecule has 136 valence electrons. The fourth-order valence-corrected chi connectivity index (χ4v) is 4.05. The first-order valence-electron chi connectivity index (χ1n) is 9.78. The van der Waals surface area contributed by atoms with Gasteiger partial charge in [-0.3, -0.25) is 14.7 Å². The van der Waals surface area contributed by atoms with Gasteiger partial charge in [-0.05, 0) is 55.4 Å². The van der Waals surface area contributed by atoms with Crippen LogP contribution in [0.1, 0.15) is 50.5 Å². The highest BCUT2D eigenvalue weighted by Gasteiger charge is 2.24. The number of piperidine rings is 1. The van der Waals surface area contributed by atoms with E-state index in [1.54, 1.807) is 0 Å². The van der Waals surface area contributed by atoms with Gasteiger partial charge in [0, 0.05) is 45.1 Å². The maximum absolute atomic E-state index is 12.5. The summed E-state index contributed by atoms with van der Waals surface area (Å²) in [5.41, 5.74) is 1.31. The van der Waals surface area contributed by atoms with Crippen molar-refractivity contribution in [1.29, 1.82) is 0 Å². The lowest BCUT2D eigenvalue weighted by atomic mass is 9.89. The second kappa shape index (κ2) is 9.14. The van der Waals surface area contributed by atoms with Crippen molar-refractivity contribution in [3.05, 3.63) is 42.2 Å². The normalized spacial score (nSPS) is 20.8. The molecule has 1 aliphatic carbocycles. The van der Waals surface area contributed by atoms with Crippen LogP contribution in [0, 0.1) is 5.92 Å². The van der Waals surface area contributed by atoms with Crippen molar-refractivity contribution >= 4 is 5.91 Å². The van der Waals surface area contributed by atoms with E-state index >= 15 is 0 Å². The van der Waals surface area contributed by atoms with Gasteiger partial charge in [-0.2, -0.15) is 0 Å². The molecule has 25 heavy (non-hydrogen) atoms. The van der Waals surface area contributed by atoms with Gasteiger partial charge in [0.1, 0.15) is 0 Å². The van der Waals surface area contributed by atoms with E-state index in [0.717, 1.165) is 32.5 Å². The Morgan fingerprint density at radius 1 is 1.16 bits per heavy atom. The van der Waals surface area contributed by atoms with Crippen LogP contribution in [-0.2, 0) is 11.3 Å². The van der Waals surface area contributed by atoms with Crippen molar-refractivity contribution in [2.45, 2.75) is 57.5 Å². The number of hydrogen-bond donors (Lipinski definition) is 0. The number of likely N-dealkylation sites (N-methyl/N-ethyl adjacent to an activating group) is 1. The number of nitrogens with zero attached hydrogens (tertiary/aromatic N) is 3. The lowest BCUT2D eigenvalue weighted by Crippen LogP contribution is -2.44. The number of rotatable bonds is 5. The molecule has 1 aromatic heterocycles. The Morgan fingerprint density at radius 3 is 2.52 bits per heavy atom. The van der Waals surface area contributed by atoms with Gasteiger partial charge in [0.2, 0.25) is 5.91 Å². The molecular weight excluding hydrogens is 310 g/mol. The number of likely N-dealkylation sites (tertiary alicyclic amines) is 1. The number of carbonyl (C=O) groups is 1. The van der Waals surface area contributed by atoms with Gasteiger partial charge in [-0.25, -0.2) is 0 Å². The first-order valence-corrected chi connectivity index (χ1v) is 9.78. The number of allylic oxidation sites excluding steroid dienone is 1. The van der Waals surface area contributed by atoms with Crippen LogP contribution < -0.4 is 0 Å². The van der Waals surface area contributed by atoms with Gasteiger partial charge in [0.15, 0.2) is 0 Å². The molecule has 0 aromatic carbocycles. The summed E-state index contributed by atoms with van der Waals surface area (Å²) in [5, 5.41) is 0. The largest absolute Gasteiger partial charge is 0.339 e. The maximum Gasteiger partial charge on any atom is 0.246 e. The highest BCUT2D eigenvalue weighted by atomic mass is 16.2. The van der Waals surface area contributed by atoms with Crippen molar-refractivity contribution in [3.63, 3.8) is 0 Å². The van der Waals surface area contributed by atoms with E-state index in [0.29, 0.717) is 12.0 Å². The second-order valence-electron chi connectivity index (χ2n) is 7.57. The third kappa shape index (κ3) is 5.40. The van der Waals surface area contributed by atoms with Gasteiger partial charge in [0.05, 0.1) is 0 Å². The molecular formula is C21H31N3O. The SMILES string of the molecule is CN(C(=O)/C=C/C1CCCCC1)C1CCN(Cc2ccncc2)CC1.